The molecule has 4 heteroatoms. The van der Waals surface area contributed by atoms with E-state index in [9.17, 15) is 0 Å². The van der Waals surface area contributed by atoms with Crippen molar-refractivity contribution in [3.8, 4) is 11.4 Å². The van der Waals surface area contributed by atoms with Crippen molar-refractivity contribution in [3.05, 3.63) is 36.2 Å². The molecule has 1 saturated heterocycles. The lowest BCUT2D eigenvalue weighted by atomic mass is 9.97. The summed E-state index contributed by atoms with van der Waals surface area (Å²) in [7, 11) is 0. The van der Waals surface area contributed by atoms with Gasteiger partial charge in [0.15, 0.2) is 0 Å². The average molecular weight is 269 g/mol. The van der Waals surface area contributed by atoms with Crippen LogP contribution in [-0.4, -0.2) is 34.7 Å². The predicted octanol–water partition coefficient (Wildman–Crippen LogP) is 2.94. The van der Waals surface area contributed by atoms with Crippen LogP contribution in [0.2, 0.25) is 0 Å². The Morgan fingerprint density at radius 3 is 2.70 bits per heavy atom. The van der Waals surface area contributed by atoms with Gasteiger partial charge in [-0.1, -0.05) is 42.4 Å². The van der Waals surface area contributed by atoms with Gasteiger partial charge in [0, 0.05) is 25.2 Å². The molecule has 4 nitrogen and oxygen atoms in total. The molecule has 2 fully saturated rings. The summed E-state index contributed by atoms with van der Waals surface area (Å²) in [6.45, 7) is 5.72. The number of hydrogen-bond acceptors (Lipinski definition) is 4. The topological polar surface area (TPSA) is 42.2 Å². The molecule has 0 atom stereocenters. The highest BCUT2D eigenvalue weighted by atomic mass is 16.5. The fourth-order valence-electron chi connectivity index (χ4n) is 2.87. The fourth-order valence-corrected chi connectivity index (χ4v) is 2.87. The summed E-state index contributed by atoms with van der Waals surface area (Å²) in [5.74, 6) is 1.91. The zero-order valence-corrected chi connectivity index (χ0v) is 11.7. The lowest BCUT2D eigenvalue weighted by Crippen LogP contribution is -2.47. The van der Waals surface area contributed by atoms with Crippen LogP contribution in [0.4, 0.5) is 0 Å². The predicted molar refractivity (Wildman–Crippen MR) is 76.3 cm³/mol. The number of rotatable bonds is 4. The lowest BCUT2D eigenvalue weighted by molar-refractivity contribution is 0.103. The molecule has 4 rings (SSSR count). The molecular weight excluding hydrogens is 250 g/mol. The van der Waals surface area contributed by atoms with Gasteiger partial charge in [-0.25, -0.2) is 0 Å². The first kappa shape index (κ1) is 12.1. The smallest absolute Gasteiger partial charge is 0.232 e. The number of hydrogen-bond donors (Lipinski definition) is 0. The van der Waals surface area contributed by atoms with Crippen LogP contribution in [0.1, 0.15) is 31.6 Å². The molecule has 104 valence electrons. The van der Waals surface area contributed by atoms with E-state index in [1.165, 1.54) is 19.4 Å². The fraction of sp³-hybridized carbons (Fsp3) is 0.500. The van der Waals surface area contributed by atoms with E-state index in [0.717, 1.165) is 24.5 Å². The maximum Gasteiger partial charge on any atom is 0.232 e. The van der Waals surface area contributed by atoms with Crippen LogP contribution in [0.25, 0.3) is 11.4 Å². The van der Waals surface area contributed by atoms with E-state index in [1.807, 2.05) is 30.3 Å². The van der Waals surface area contributed by atoms with Crippen molar-refractivity contribution < 1.29 is 4.52 Å². The van der Waals surface area contributed by atoms with Crippen LogP contribution in [0, 0.1) is 5.41 Å². The molecule has 2 heterocycles. The summed E-state index contributed by atoms with van der Waals surface area (Å²) in [6, 6.07) is 10.00. The molecule has 0 bridgehead atoms. The van der Waals surface area contributed by atoms with Gasteiger partial charge >= 0.3 is 0 Å². The molecule has 2 aliphatic rings. The Bertz CT molecular complexity index is 597. The van der Waals surface area contributed by atoms with Crippen molar-refractivity contribution in [2.45, 2.75) is 25.7 Å². The van der Waals surface area contributed by atoms with Crippen LogP contribution < -0.4 is 0 Å². The number of aromatic nitrogens is 2. The number of nitrogens with zero attached hydrogens (tertiary/aromatic N) is 3. The molecule has 1 aliphatic carbocycles. The highest BCUT2D eigenvalue weighted by Crippen LogP contribution is 2.46. The SMILES string of the molecule is CC1(CN2CC(c3nc(-c4ccccc4)no3)C2)CC1. The summed E-state index contributed by atoms with van der Waals surface area (Å²) in [5.41, 5.74) is 1.61. The van der Waals surface area contributed by atoms with Crippen LogP contribution >= 0.6 is 0 Å². The maximum atomic E-state index is 5.43. The Hall–Kier alpha value is -1.68. The summed E-state index contributed by atoms with van der Waals surface area (Å²) >= 11 is 0. The molecule has 0 spiro atoms. The minimum absolute atomic E-state index is 0.419. The first-order valence-corrected chi connectivity index (χ1v) is 7.33. The normalized spacial score (nSPS) is 21.6. The number of benzene rings is 1. The van der Waals surface area contributed by atoms with Crippen molar-refractivity contribution in [1.29, 1.82) is 0 Å². The zero-order valence-electron chi connectivity index (χ0n) is 11.7. The lowest BCUT2D eigenvalue weighted by Gasteiger charge is -2.38. The minimum atomic E-state index is 0.419. The largest absolute Gasteiger partial charge is 0.339 e. The quantitative estimate of drug-likeness (QED) is 0.856. The van der Waals surface area contributed by atoms with E-state index in [4.69, 9.17) is 4.52 Å². The van der Waals surface area contributed by atoms with E-state index in [-0.39, 0.29) is 0 Å². The third-order valence-corrected chi connectivity index (χ3v) is 4.49. The Balaban J connectivity index is 1.40. The van der Waals surface area contributed by atoms with Gasteiger partial charge in [-0.15, -0.1) is 0 Å². The second kappa shape index (κ2) is 4.42. The second-order valence-corrected chi connectivity index (χ2v) is 6.52. The minimum Gasteiger partial charge on any atom is -0.339 e. The van der Waals surface area contributed by atoms with E-state index in [2.05, 4.69) is 22.0 Å². The first-order valence-electron chi connectivity index (χ1n) is 7.33. The summed E-state index contributed by atoms with van der Waals surface area (Å²) in [5, 5.41) is 4.10. The molecule has 0 unspecified atom stereocenters. The monoisotopic (exact) mass is 269 g/mol. The Labute approximate surface area is 118 Å². The van der Waals surface area contributed by atoms with Crippen molar-refractivity contribution in [1.82, 2.24) is 15.0 Å². The van der Waals surface area contributed by atoms with Crippen molar-refractivity contribution in [3.63, 3.8) is 0 Å². The molecule has 1 aromatic carbocycles. The molecular formula is C16H19N3O. The molecule has 0 N–H and O–H groups in total. The van der Waals surface area contributed by atoms with Gasteiger partial charge in [0.25, 0.3) is 0 Å². The van der Waals surface area contributed by atoms with Gasteiger partial charge in [0.1, 0.15) is 0 Å². The average Bonchev–Trinajstić information content (AvgIpc) is 2.98. The molecule has 1 aliphatic heterocycles. The molecule has 1 saturated carbocycles. The van der Waals surface area contributed by atoms with E-state index >= 15 is 0 Å². The van der Waals surface area contributed by atoms with Gasteiger partial charge in [0.05, 0.1) is 5.92 Å². The van der Waals surface area contributed by atoms with Gasteiger partial charge in [-0.2, -0.15) is 4.98 Å². The Kier molecular flexibility index (Phi) is 2.67. The van der Waals surface area contributed by atoms with Gasteiger partial charge in [-0.3, -0.25) is 0 Å². The molecule has 2 aromatic rings. The van der Waals surface area contributed by atoms with Crippen LogP contribution in [0.3, 0.4) is 0 Å². The summed E-state index contributed by atoms with van der Waals surface area (Å²) in [4.78, 5) is 7.05. The van der Waals surface area contributed by atoms with Gasteiger partial charge < -0.3 is 9.42 Å². The Morgan fingerprint density at radius 1 is 1.25 bits per heavy atom. The van der Waals surface area contributed by atoms with Crippen LogP contribution in [-0.2, 0) is 0 Å². The van der Waals surface area contributed by atoms with E-state index in [0.29, 0.717) is 17.2 Å². The van der Waals surface area contributed by atoms with Crippen molar-refractivity contribution in [2.75, 3.05) is 19.6 Å². The first-order chi connectivity index (χ1) is 9.72. The van der Waals surface area contributed by atoms with Crippen LogP contribution in [0.15, 0.2) is 34.9 Å². The highest BCUT2D eigenvalue weighted by Gasteiger charge is 2.42. The zero-order chi connectivity index (χ0) is 13.6. The molecule has 1 aromatic heterocycles. The van der Waals surface area contributed by atoms with Crippen molar-refractivity contribution in [2.24, 2.45) is 5.41 Å². The van der Waals surface area contributed by atoms with Crippen molar-refractivity contribution >= 4 is 0 Å². The Morgan fingerprint density at radius 2 is 2.00 bits per heavy atom. The molecule has 0 amide bonds. The maximum absolute atomic E-state index is 5.43. The number of likely N-dealkylation sites (tertiary alicyclic amines) is 1. The van der Waals surface area contributed by atoms with E-state index < -0.39 is 0 Å². The highest BCUT2D eigenvalue weighted by molar-refractivity contribution is 5.53. The summed E-state index contributed by atoms with van der Waals surface area (Å²) in [6.07, 6.45) is 2.76. The molecule has 0 radical (unpaired) electrons. The third kappa shape index (κ3) is 2.24. The van der Waals surface area contributed by atoms with Gasteiger partial charge in [-0.05, 0) is 18.3 Å². The van der Waals surface area contributed by atoms with Gasteiger partial charge in [0.2, 0.25) is 11.7 Å². The third-order valence-electron chi connectivity index (χ3n) is 4.49. The molecule has 20 heavy (non-hydrogen) atoms. The van der Waals surface area contributed by atoms with Crippen LogP contribution in [0.5, 0.6) is 0 Å². The second-order valence-electron chi connectivity index (χ2n) is 6.52. The standard InChI is InChI=1S/C16H19N3O/c1-16(7-8-16)11-19-9-13(10-19)15-17-14(18-20-15)12-5-3-2-4-6-12/h2-6,13H,7-11H2,1H3. The van der Waals surface area contributed by atoms with E-state index in [1.54, 1.807) is 0 Å². The summed E-state index contributed by atoms with van der Waals surface area (Å²) < 4.78 is 5.43.